The number of hydrogen-bond donors (Lipinski definition) is 1. The molecule has 0 aliphatic heterocycles. The van der Waals surface area contributed by atoms with E-state index in [1.165, 1.54) is 0 Å². The maximum Gasteiger partial charge on any atom is 0.0765 e. The number of likely N-dealkylation sites (N-methyl/N-ethyl adjacent to an activating group) is 1. The second-order valence-corrected chi connectivity index (χ2v) is 2.69. The minimum Gasteiger partial charge on any atom is -0.391 e. The molecule has 2 nitrogen and oxygen atoms in total. The van der Waals surface area contributed by atoms with E-state index in [1.54, 1.807) is 0 Å². The van der Waals surface area contributed by atoms with E-state index in [1.807, 2.05) is 31.1 Å². The van der Waals surface area contributed by atoms with Gasteiger partial charge in [0.05, 0.1) is 12.1 Å². The maximum absolute atomic E-state index is 9.26. The van der Waals surface area contributed by atoms with E-state index in [0.29, 0.717) is 0 Å². The molecule has 0 amide bonds. The molecule has 0 fully saturated rings. The highest BCUT2D eigenvalue weighted by molar-refractivity contribution is 5.06. The van der Waals surface area contributed by atoms with E-state index in [-0.39, 0.29) is 12.1 Å². The Labute approximate surface area is 55.8 Å². The molecule has 2 heteroatoms. The summed E-state index contributed by atoms with van der Waals surface area (Å²) in [4.78, 5) is 2.02. The van der Waals surface area contributed by atoms with Crippen molar-refractivity contribution in [1.29, 1.82) is 0 Å². The number of nitrogens with zero attached hydrogens (tertiary/aromatic N) is 1. The maximum atomic E-state index is 9.26. The number of aliphatic hydroxyl groups excluding tert-OH is 1. The molecule has 0 heterocycles. The molecule has 2 atom stereocenters. The van der Waals surface area contributed by atoms with Crippen LogP contribution in [0.15, 0.2) is 12.2 Å². The van der Waals surface area contributed by atoms with Crippen molar-refractivity contribution in [2.75, 3.05) is 14.1 Å². The first-order chi connectivity index (χ1) is 4.22. The molecular formula is C7H13NO. The van der Waals surface area contributed by atoms with E-state index in [2.05, 4.69) is 0 Å². The minimum absolute atomic E-state index is 0.181. The van der Waals surface area contributed by atoms with E-state index < -0.39 is 0 Å². The van der Waals surface area contributed by atoms with Crippen LogP contribution in [0.1, 0.15) is 6.42 Å². The van der Waals surface area contributed by atoms with Gasteiger partial charge < -0.3 is 10.0 Å². The van der Waals surface area contributed by atoms with Crippen molar-refractivity contribution < 1.29 is 5.11 Å². The molecule has 1 aliphatic rings. The highest BCUT2D eigenvalue weighted by Crippen LogP contribution is 2.13. The van der Waals surface area contributed by atoms with Crippen LogP contribution in [0, 0.1) is 0 Å². The zero-order valence-electron chi connectivity index (χ0n) is 5.91. The van der Waals surface area contributed by atoms with Gasteiger partial charge in [0.1, 0.15) is 0 Å². The predicted molar refractivity (Wildman–Crippen MR) is 37.2 cm³/mol. The first-order valence-electron chi connectivity index (χ1n) is 3.23. The quantitative estimate of drug-likeness (QED) is 0.510. The van der Waals surface area contributed by atoms with E-state index in [4.69, 9.17) is 0 Å². The molecular weight excluding hydrogens is 114 g/mol. The molecule has 0 bridgehead atoms. The van der Waals surface area contributed by atoms with Crippen molar-refractivity contribution in [3.8, 4) is 0 Å². The third kappa shape index (κ3) is 1.32. The third-order valence-electron chi connectivity index (χ3n) is 1.70. The standard InChI is InChI=1S/C7H13NO/c1-8(2)6-4-3-5-7(6)9/h3-4,6-7,9H,5H2,1-2H3/t6-,7-/m1/s1. The fourth-order valence-electron chi connectivity index (χ4n) is 1.14. The Kier molecular flexibility index (Phi) is 1.88. The lowest BCUT2D eigenvalue weighted by molar-refractivity contribution is 0.113. The van der Waals surface area contributed by atoms with Gasteiger partial charge in [-0.15, -0.1) is 0 Å². The summed E-state index contributed by atoms with van der Waals surface area (Å²) in [6.07, 6.45) is 4.70. The van der Waals surface area contributed by atoms with Gasteiger partial charge in [-0.3, -0.25) is 0 Å². The van der Waals surface area contributed by atoms with Gasteiger partial charge in [-0.2, -0.15) is 0 Å². The van der Waals surface area contributed by atoms with Crippen molar-refractivity contribution in [2.24, 2.45) is 0 Å². The van der Waals surface area contributed by atoms with Gasteiger partial charge in [-0.1, -0.05) is 12.2 Å². The van der Waals surface area contributed by atoms with Crippen LogP contribution in [-0.4, -0.2) is 36.2 Å². The van der Waals surface area contributed by atoms with Gasteiger partial charge in [-0.25, -0.2) is 0 Å². The Morgan fingerprint density at radius 2 is 2.22 bits per heavy atom. The van der Waals surface area contributed by atoms with Gasteiger partial charge in [-0.05, 0) is 20.5 Å². The molecule has 9 heavy (non-hydrogen) atoms. The van der Waals surface area contributed by atoms with Crippen molar-refractivity contribution in [2.45, 2.75) is 18.6 Å². The first-order valence-corrected chi connectivity index (χ1v) is 3.23. The fraction of sp³-hybridized carbons (Fsp3) is 0.714. The average Bonchev–Trinajstić information content (AvgIpc) is 2.13. The van der Waals surface area contributed by atoms with E-state index in [0.717, 1.165) is 6.42 Å². The molecule has 0 saturated heterocycles. The van der Waals surface area contributed by atoms with Crippen LogP contribution in [0.5, 0.6) is 0 Å². The molecule has 0 aromatic heterocycles. The normalized spacial score (nSPS) is 34.2. The topological polar surface area (TPSA) is 23.5 Å². The van der Waals surface area contributed by atoms with Crippen LogP contribution in [0.2, 0.25) is 0 Å². The lowest BCUT2D eigenvalue weighted by Gasteiger charge is -2.20. The molecule has 1 N–H and O–H groups in total. The Hall–Kier alpha value is -0.340. The molecule has 0 saturated carbocycles. The van der Waals surface area contributed by atoms with Gasteiger partial charge in [0.15, 0.2) is 0 Å². The third-order valence-corrected chi connectivity index (χ3v) is 1.70. The summed E-state index contributed by atoms with van der Waals surface area (Å²) >= 11 is 0. The van der Waals surface area contributed by atoms with Crippen molar-refractivity contribution in [3.05, 3.63) is 12.2 Å². The lowest BCUT2D eigenvalue weighted by atomic mass is 10.2. The first kappa shape index (κ1) is 6.78. The monoisotopic (exact) mass is 127 g/mol. The van der Waals surface area contributed by atoms with Crippen molar-refractivity contribution in [3.63, 3.8) is 0 Å². The summed E-state index contributed by atoms with van der Waals surface area (Å²) in [5, 5.41) is 9.26. The van der Waals surface area contributed by atoms with E-state index >= 15 is 0 Å². The highest BCUT2D eigenvalue weighted by atomic mass is 16.3. The fourth-order valence-corrected chi connectivity index (χ4v) is 1.14. The SMILES string of the molecule is CN(C)[C@@H]1C=CC[C@H]1O. The summed E-state index contributed by atoms with van der Waals surface area (Å²) in [5.74, 6) is 0. The molecule has 1 aliphatic carbocycles. The molecule has 0 aromatic carbocycles. The predicted octanol–water partition coefficient (Wildman–Crippen LogP) is 0.237. The average molecular weight is 127 g/mol. The second-order valence-electron chi connectivity index (χ2n) is 2.69. The van der Waals surface area contributed by atoms with Crippen LogP contribution in [0.4, 0.5) is 0 Å². The minimum atomic E-state index is -0.181. The lowest BCUT2D eigenvalue weighted by Crippen LogP contribution is -2.34. The van der Waals surface area contributed by atoms with E-state index in [9.17, 15) is 5.11 Å². The Balaban J connectivity index is 2.49. The molecule has 0 unspecified atom stereocenters. The summed E-state index contributed by atoms with van der Waals surface area (Å²) in [6, 6.07) is 0.241. The molecule has 0 aromatic rings. The smallest absolute Gasteiger partial charge is 0.0765 e. The molecule has 0 spiro atoms. The summed E-state index contributed by atoms with van der Waals surface area (Å²) < 4.78 is 0. The zero-order valence-corrected chi connectivity index (χ0v) is 5.91. The van der Waals surface area contributed by atoms with Gasteiger partial charge >= 0.3 is 0 Å². The summed E-state index contributed by atoms with van der Waals surface area (Å²) in [7, 11) is 3.95. The van der Waals surface area contributed by atoms with Crippen LogP contribution in [0.25, 0.3) is 0 Å². The van der Waals surface area contributed by atoms with Crippen LogP contribution in [-0.2, 0) is 0 Å². The Bertz CT molecular complexity index is 120. The van der Waals surface area contributed by atoms with Gasteiger partial charge in [0, 0.05) is 0 Å². The Morgan fingerprint density at radius 1 is 1.56 bits per heavy atom. The zero-order chi connectivity index (χ0) is 6.85. The summed E-state index contributed by atoms with van der Waals surface area (Å²) in [5.41, 5.74) is 0. The Morgan fingerprint density at radius 3 is 2.44 bits per heavy atom. The largest absolute Gasteiger partial charge is 0.391 e. The number of aliphatic hydroxyl groups is 1. The highest BCUT2D eigenvalue weighted by Gasteiger charge is 2.21. The molecule has 52 valence electrons. The van der Waals surface area contributed by atoms with Gasteiger partial charge in [0.2, 0.25) is 0 Å². The van der Waals surface area contributed by atoms with Crippen LogP contribution >= 0.6 is 0 Å². The van der Waals surface area contributed by atoms with Crippen molar-refractivity contribution >= 4 is 0 Å². The number of hydrogen-bond acceptors (Lipinski definition) is 2. The van der Waals surface area contributed by atoms with Crippen LogP contribution in [0.3, 0.4) is 0 Å². The van der Waals surface area contributed by atoms with Crippen LogP contribution < -0.4 is 0 Å². The number of rotatable bonds is 1. The molecule has 0 radical (unpaired) electrons. The second kappa shape index (κ2) is 2.50. The summed E-state index contributed by atoms with van der Waals surface area (Å²) in [6.45, 7) is 0. The van der Waals surface area contributed by atoms with Gasteiger partial charge in [0.25, 0.3) is 0 Å². The van der Waals surface area contributed by atoms with Crippen molar-refractivity contribution in [1.82, 2.24) is 4.90 Å². The molecule has 1 rings (SSSR count).